The van der Waals surface area contributed by atoms with Gasteiger partial charge in [-0.1, -0.05) is 0 Å². The van der Waals surface area contributed by atoms with Crippen molar-refractivity contribution in [2.45, 2.75) is 25.9 Å². The fourth-order valence-electron chi connectivity index (χ4n) is 2.00. The van der Waals surface area contributed by atoms with Crippen LogP contribution in [0.15, 0.2) is 0 Å². The van der Waals surface area contributed by atoms with Gasteiger partial charge in [-0.3, -0.25) is 4.79 Å². The van der Waals surface area contributed by atoms with Gasteiger partial charge in [-0.05, 0) is 25.6 Å². The summed E-state index contributed by atoms with van der Waals surface area (Å²) in [4.78, 5) is 18.0. The van der Waals surface area contributed by atoms with E-state index in [-0.39, 0.29) is 12.0 Å². The molecule has 0 aromatic carbocycles. The summed E-state index contributed by atoms with van der Waals surface area (Å²) in [5.74, 6) is 0.165. The Morgan fingerprint density at radius 3 is 3.00 bits per heavy atom. The number of carbonyl (C=O) groups is 1. The smallest absolute Gasteiger partial charge is 0.227 e. The van der Waals surface area contributed by atoms with Gasteiger partial charge in [0.15, 0.2) is 3.95 Å². The van der Waals surface area contributed by atoms with E-state index in [2.05, 4.69) is 4.98 Å². The molecule has 4 nitrogen and oxygen atoms in total. The number of likely N-dealkylation sites (tertiary alicyclic amines) is 1. The van der Waals surface area contributed by atoms with Crippen molar-refractivity contribution in [3.8, 4) is 0 Å². The van der Waals surface area contributed by atoms with E-state index in [4.69, 9.17) is 17.0 Å². The first-order valence-corrected chi connectivity index (χ1v) is 6.81. The molecule has 1 aliphatic heterocycles. The first-order chi connectivity index (χ1) is 8.10. The Bertz CT molecular complexity index is 466. The van der Waals surface area contributed by atoms with Gasteiger partial charge in [-0.2, -0.15) is 0 Å². The number of H-pyrrole nitrogens is 1. The molecule has 0 radical (unpaired) electrons. The minimum atomic E-state index is 0.165. The molecule has 0 aliphatic carbocycles. The third kappa shape index (κ3) is 2.94. The Morgan fingerprint density at radius 1 is 1.71 bits per heavy atom. The van der Waals surface area contributed by atoms with E-state index < -0.39 is 0 Å². The number of hydrogen-bond acceptors (Lipinski definition) is 4. The van der Waals surface area contributed by atoms with Crippen molar-refractivity contribution in [2.75, 3.05) is 20.2 Å². The Balaban J connectivity index is 1.98. The molecule has 0 spiro atoms. The first-order valence-electron chi connectivity index (χ1n) is 5.59. The monoisotopic (exact) mass is 272 g/mol. The number of nitrogens with one attached hydrogen (secondary N) is 1. The number of thiazole rings is 1. The summed E-state index contributed by atoms with van der Waals surface area (Å²) in [5.41, 5.74) is 1.01. The van der Waals surface area contributed by atoms with Crippen LogP contribution in [0.25, 0.3) is 0 Å². The minimum Gasteiger partial charge on any atom is -0.380 e. The molecule has 1 aromatic rings. The number of carbonyl (C=O) groups excluding carboxylic acids is 1. The van der Waals surface area contributed by atoms with E-state index in [9.17, 15) is 4.79 Å². The number of rotatable bonds is 3. The van der Waals surface area contributed by atoms with Crippen molar-refractivity contribution in [2.24, 2.45) is 0 Å². The summed E-state index contributed by atoms with van der Waals surface area (Å²) in [6, 6.07) is 0. The van der Waals surface area contributed by atoms with Crippen LogP contribution in [-0.4, -0.2) is 42.1 Å². The van der Waals surface area contributed by atoms with E-state index in [1.54, 1.807) is 7.11 Å². The van der Waals surface area contributed by atoms with Crippen molar-refractivity contribution in [1.29, 1.82) is 0 Å². The lowest BCUT2D eigenvalue weighted by Crippen LogP contribution is -2.31. The second-order valence-corrected chi connectivity index (χ2v) is 6.00. The molecule has 2 heterocycles. The maximum Gasteiger partial charge on any atom is 0.227 e. The molecule has 1 atom stereocenters. The highest BCUT2D eigenvalue weighted by molar-refractivity contribution is 7.73. The number of amides is 1. The maximum absolute atomic E-state index is 12.1. The van der Waals surface area contributed by atoms with Crippen LogP contribution in [0.5, 0.6) is 0 Å². The van der Waals surface area contributed by atoms with Crippen LogP contribution in [-0.2, 0) is 16.0 Å². The molecule has 2 rings (SSSR count). The summed E-state index contributed by atoms with van der Waals surface area (Å²) in [6.07, 6.45) is 1.58. The van der Waals surface area contributed by atoms with Crippen molar-refractivity contribution in [1.82, 2.24) is 9.88 Å². The molecule has 1 amide bonds. The summed E-state index contributed by atoms with van der Waals surface area (Å²) >= 11 is 6.55. The minimum absolute atomic E-state index is 0.165. The van der Waals surface area contributed by atoms with E-state index in [0.717, 1.165) is 27.5 Å². The zero-order valence-corrected chi connectivity index (χ0v) is 11.6. The zero-order valence-electron chi connectivity index (χ0n) is 9.99. The van der Waals surface area contributed by atoms with Crippen molar-refractivity contribution in [3.05, 3.63) is 14.5 Å². The fourth-order valence-corrected chi connectivity index (χ4v) is 3.28. The zero-order chi connectivity index (χ0) is 12.4. The first kappa shape index (κ1) is 12.7. The second-order valence-electron chi connectivity index (χ2n) is 4.23. The molecule has 1 N–H and O–H groups in total. The van der Waals surface area contributed by atoms with Crippen LogP contribution < -0.4 is 0 Å². The van der Waals surface area contributed by atoms with Gasteiger partial charge in [0.05, 0.1) is 12.5 Å². The number of nitrogens with zero attached hydrogens (tertiary/aromatic N) is 1. The van der Waals surface area contributed by atoms with Gasteiger partial charge in [0.25, 0.3) is 0 Å². The number of ether oxygens (including phenoxy) is 1. The molecule has 1 unspecified atom stereocenters. The standard InChI is InChI=1S/C11H16N2O2S2/c1-7-9(17-11(16)12-7)5-10(14)13-4-3-8(6-13)15-2/h8H,3-6H2,1-2H3,(H,12,16). The lowest BCUT2D eigenvalue weighted by Gasteiger charge is -2.15. The summed E-state index contributed by atoms with van der Waals surface area (Å²) < 4.78 is 5.99. The highest BCUT2D eigenvalue weighted by atomic mass is 32.1. The molecule has 1 aliphatic rings. The van der Waals surface area contributed by atoms with Crippen LogP contribution in [0.1, 0.15) is 17.0 Å². The molecular weight excluding hydrogens is 256 g/mol. The molecular formula is C11H16N2O2S2. The molecule has 1 fully saturated rings. The average Bonchev–Trinajstić information content (AvgIpc) is 2.86. The third-order valence-electron chi connectivity index (χ3n) is 3.07. The molecule has 1 aromatic heterocycles. The highest BCUT2D eigenvalue weighted by Crippen LogP contribution is 2.18. The van der Waals surface area contributed by atoms with Gasteiger partial charge in [0.2, 0.25) is 5.91 Å². The fraction of sp³-hybridized carbons (Fsp3) is 0.636. The van der Waals surface area contributed by atoms with Crippen LogP contribution in [0.2, 0.25) is 0 Å². The highest BCUT2D eigenvalue weighted by Gasteiger charge is 2.26. The Morgan fingerprint density at radius 2 is 2.47 bits per heavy atom. The lowest BCUT2D eigenvalue weighted by atomic mass is 10.3. The summed E-state index contributed by atoms with van der Waals surface area (Å²) in [6.45, 7) is 3.47. The quantitative estimate of drug-likeness (QED) is 0.855. The van der Waals surface area contributed by atoms with Gasteiger partial charge >= 0.3 is 0 Å². The SMILES string of the molecule is COC1CCN(C(=O)Cc2sc(=S)[nH]c2C)C1. The van der Waals surface area contributed by atoms with E-state index in [1.807, 2.05) is 11.8 Å². The summed E-state index contributed by atoms with van der Waals surface area (Å²) in [7, 11) is 1.69. The van der Waals surface area contributed by atoms with Crippen molar-refractivity contribution in [3.63, 3.8) is 0 Å². The maximum atomic E-state index is 12.1. The van der Waals surface area contributed by atoms with Gasteiger partial charge < -0.3 is 14.6 Å². The molecule has 1 saturated heterocycles. The van der Waals surface area contributed by atoms with Gasteiger partial charge in [0.1, 0.15) is 0 Å². The van der Waals surface area contributed by atoms with Crippen LogP contribution in [0.3, 0.4) is 0 Å². The number of aryl methyl sites for hydroxylation is 1. The molecule has 17 heavy (non-hydrogen) atoms. The Labute approximate surface area is 110 Å². The van der Waals surface area contributed by atoms with Crippen LogP contribution in [0, 0.1) is 10.9 Å². The van der Waals surface area contributed by atoms with E-state index in [1.165, 1.54) is 11.3 Å². The molecule has 0 saturated carbocycles. The van der Waals surface area contributed by atoms with E-state index in [0.29, 0.717) is 13.0 Å². The second kappa shape index (κ2) is 5.29. The lowest BCUT2D eigenvalue weighted by molar-refractivity contribution is -0.129. The van der Waals surface area contributed by atoms with Gasteiger partial charge in [0, 0.05) is 30.8 Å². The van der Waals surface area contributed by atoms with Gasteiger partial charge in [-0.25, -0.2) is 0 Å². The normalized spacial score (nSPS) is 19.9. The van der Waals surface area contributed by atoms with Crippen molar-refractivity contribution >= 4 is 29.5 Å². The number of methoxy groups -OCH3 is 1. The van der Waals surface area contributed by atoms with Crippen molar-refractivity contribution < 1.29 is 9.53 Å². The number of aromatic nitrogens is 1. The number of hydrogen-bond donors (Lipinski definition) is 1. The average molecular weight is 272 g/mol. The van der Waals surface area contributed by atoms with Crippen LogP contribution in [0.4, 0.5) is 0 Å². The molecule has 6 heteroatoms. The third-order valence-corrected chi connectivity index (χ3v) is 4.40. The topological polar surface area (TPSA) is 45.3 Å². The van der Waals surface area contributed by atoms with Crippen LogP contribution >= 0.6 is 23.6 Å². The predicted octanol–water partition coefficient (Wildman–Crippen LogP) is 1.90. The predicted molar refractivity (Wildman–Crippen MR) is 69.9 cm³/mol. The largest absolute Gasteiger partial charge is 0.380 e. The molecule has 0 bridgehead atoms. The van der Waals surface area contributed by atoms with Gasteiger partial charge in [-0.15, -0.1) is 11.3 Å². The Kier molecular flexibility index (Phi) is 3.96. The van der Waals surface area contributed by atoms with E-state index >= 15 is 0 Å². The summed E-state index contributed by atoms with van der Waals surface area (Å²) in [5, 5.41) is 0. The molecule has 94 valence electrons. The Hall–Kier alpha value is -0.720. The number of aromatic amines is 1.